The van der Waals surface area contributed by atoms with Crippen molar-refractivity contribution in [1.82, 2.24) is 4.31 Å². The number of hydrogen-bond acceptors (Lipinski definition) is 3. The number of halogens is 1. The zero-order valence-corrected chi connectivity index (χ0v) is 16.0. The van der Waals surface area contributed by atoms with E-state index in [1.165, 1.54) is 28.6 Å². The highest BCUT2D eigenvalue weighted by Crippen LogP contribution is 2.24. The minimum absolute atomic E-state index is 0.117. The number of amides is 1. The summed E-state index contributed by atoms with van der Waals surface area (Å²) < 4.78 is 39.9. The number of anilines is 1. The predicted octanol–water partition coefficient (Wildman–Crippen LogP) is 3.43. The molecule has 3 rings (SSSR count). The Bertz CT molecular complexity index is 896. The summed E-state index contributed by atoms with van der Waals surface area (Å²) in [6.07, 6.45) is 2.04. The van der Waals surface area contributed by atoms with E-state index < -0.39 is 10.0 Å². The average Bonchev–Trinajstić information content (AvgIpc) is 2.64. The van der Waals surface area contributed by atoms with Crippen LogP contribution in [0.3, 0.4) is 0 Å². The molecule has 1 N–H and O–H groups in total. The molecule has 2 aromatic carbocycles. The number of nitrogens with zero attached hydrogens (tertiary/aromatic N) is 1. The highest BCUT2D eigenvalue weighted by Gasteiger charge is 2.28. The monoisotopic (exact) mass is 390 g/mol. The van der Waals surface area contributed by atoms with E-state index in [-0.39, 0.29) is 23.0 Å². The third kappa shape index (κ3) is 4.93. The van der Waals surface area contributed by atoms with Gasteiger partial charge >= 0.3 is 0 Å². The third-order valence-corrected chi connectivity index (χ3v) is 6.55. The molecule has 0 radical (unpaired) electrons. The van der Waals surface area contributed by atoms with Gasteiger partial charge in [0.15, 0.2) is 0 Å². The SMILES string of the molecule is C[C@H]1CCCN(S(=O)(=O)c2ccc(NC(=O)Cc3ccc(F)cc3)cc2)C1. The summed E-state index contributed by atoms with van der Waals surface area (Å²) in [4.78, 5) is 12.3. The molecule has 1 heterocycles. The predicted molar refractivity (Wildman–Crippen MR) is 102 cm³/mol. The van der Waals surface area contributed by atoms with Crippen molar-refractivity contribution >= 4 is 21.6 Å². The number of piperidine rings is 1. The van der Waals surface area contributed by atoms with Gasteiger partial charge in [0.2, 0.25) is 15.9 Å². The van der Waals surface area contributed by atoms with Crippen LogP contribution in [0.2, 0.25) is 0 Å². The van der Waals surface area contributed by atoms with Crippen LogP contribution in [0.4, 0.5) is 10.1 Å². The molecular formula is C20H23FN2O3S. The van der Waals surface area contributed by atoms with Crippen molar-refractivity contribution in [3.8, 4) is 0 Å². The van der Waals surface area contributed by atoms with E-state index in [0.717, 1.165) is 12.8 Å². The summed E-state index contributed by atoms with van der Waals surface area (Å²) in [5.41, 5.74) is 1.22. The molecule has 1 amide bonds. The first-order valence-corrected chi connectivity index (χ1v) is 10.4. The molecule has 1 saturated heterocycles. The number of benzene rings is 2. The van der Waals surface area contributed by atoms with E-state index in [2.05, 4.69) is 12.2 Å². The van der Waals surface area contributed by atoms with Gasteiger partial charge in [-0.15, -0.1) is 0 Å². The number of carbonyl (C=O) groups excluding carboxylic acids is 1. The van der Waals surface area contributed by atoms with Crippen molar-refractivity contribution < 1.29 is 17.6 Å². The van der Waals surface area contributed by atoms with Gasteiger partial charge in [-0.2, -0.15) is 4.31 Å². The maximum atomic E-state index is 12.9. The fourth-order valence-electron chi connectivity index (χ4n) is 3.22. The van der Waals surface area contributed by atoms with Crippen molar-refractivity contribution in [2.45, 2.75) is 31.1 Å². The Morgan fingerprint density at radius 3 is 2.44 bits per heavy atom. The normalized spacial score (nSPS) is 18.2. The molecule has 1 atom stereocenters. The molecule has 1 fully saturated rings. The molecule has 1 aliphatic rings. The first-order chi connectivity index (χ1) is 12.8. The van der Waals surface area contributed by atoms with Gasteiger partial charge in [-0.3, -0.25) is 4.79 Å². The number of nitrogens with one attached hydrogen (secondary N) is 1. The molecule has 27 heavy (non-hydrogen) atoms. The third-order valence-electron chi connectivity index (χ3n) is 4.67. The Hall–Kier alpha value is -2.25. The van der Waals surface area contributed by atoms with Crippen molar-refractivity contribution in [1.29, 1.82) is 0 Å². The molecule has 0 aromatic heterocycles. The topological polar surface area (TPSA) is 66.5 Å². The van der Waals surface area contributed by atoms with Gasteiger partial charge < -0.3 is 5.32 Å². The minimum atomic E-state index is -3.51. The second-order valence-electron chi connectivity index (χ2n) is 6.99. The zero-order chi connectivity index (χ0) is 19.4. The fourth-order valence-corrected chi connectivity index (χ4v) is 4.82. The summed E-state index contributed by atoms with van der Waals surface area (Å²) in [5, 5.41) is 2.73. The van der Waals surface area contributed by atoms with E-state index in [1.807, 2.05) is 0 Å². The molecule has 0 saturated carbocycles. The van der Waals surface area contributed by atoms with Gasteiger partial charge in [-0.25, -0.2) is 12.8 Å². The lowest BCUT2D eigenvalue weighted by atomic mass is 10.0. The molecule has 1 aliphatic heterocycles. The Kier molecular flexibility index (Phi) is 5.92. The number of carbonyl (C=O) groups is 1. The van der Waals surface area contributed by atoms with Crippen LogP contribution >= 0.6 is 0 Å². The summed E-state index contributed by atoms with van der Waals surface area (Å²) >= 11 is 0. The maximum absolute atomic E-state index is 12.9. The van der Waals surface area contributed by atoms with Crippen LogP contribution in [0.15, 0.2) is 53.4 Å². The molecule has 2 aromatic rings. The second kappa shape index (κ2) is 8.19. The van der Waals surface area contributed by atoms with Gasteiger partial charge in [0.1, 0.15) is 5.82 Å². The Balaban J connectivity index is 1.64. The lowest BCUT2D eigenvalue weighted by Gasteiger charge is -2.30. The lowest BCUT2D eigenvalue weighted by Crippen LogP contribution is -2.39. The van der Waals surface area contributed by atoms with Gasteiger partial charge in [0.05, 0.1) is 11.3 Å². The second-order valence-corrected chi connectivity index (χ2v) is 8.92. The van der Waals surface area contributed by atoms with Crippen molar-refractivity contribution in [2.75, 3.05) is 18.4 Å². The smallest absolute Gasteiger partial charge is 0.243 e. The Labute approximate surface area is 159 Å². The molecule has 0 bridgehead atoms. The summed E-state index contributed by atoms with van der Waals surface area (Å²) in [6, 6.07) is 11.9. The van der Waals surface area contributed by atoms with Crippen molar-refractivity contribution in [3.05, 3.63) is 59.9 Å². The van der Waals surface area contributed by atoms with Crippen molar-refractivity contribution in [3.63, 3.8) is 0 Å². The highest BCUT2D eigenvalue weighted by molar-refractivity contribution is 7.89. The summed E-state index contributed by atoms with van der Waals surface area (Å²) in [7, 11) is -3.51. The molecular weight excluding hydrogens is 367 g/mol. The maximum Gasteiger partial charge on any atom is 0.243 e. The number of rotatable bonds is 5. The van der Waals surface area contributed by atoms with E-state index in [1.54, 1.807) is 24.3 Å². The lowest BCUT2D eigenvalue weighted by molar-refractivity contribution is -0.115. The quantitative estimate of drug-likeness (QED) is 0.851. The molecule has 144 valence electrons. The fraction of sp³-hybridized carbons (Fsp3) is 0.350. The number of hydrogen-bond donors (Lipinski definition) is 1. The van der Waals surface area contributed by atoms with E-state index in [4.69, 9.17) is 0 Å². The van der Waals surface area contributed by atoms with Crippen LogP contribution in [0.1, 0.15) is 25.3 Å². The highest BCUT2D eigenvalue weighted by atomic mass is 32.2. The van der Waals surface area contributed by atoms with Gasteiger partial charge in [0.25, 0.3) is 0 Å². The summed E-state index contributed by atoms with van der Waals surface area (Å²) in [6.45, 7) is 3.14. The van der Waals surface area contributed by atoms with Crippen LogP contribution in [0.5, 0.6) is 0 Å². The van der Waals surface area contributed by atoms with Crippen molar-refractivity contribution in [2.24, 2.45) is 5.92 Å². The van der Waals surface area contributed by atoms with Crippen LogP contribution in [0, 0.1) is 11.7 Å². The molecule has 7 heteroatoms. The molecule has 0 spiro atoms. The number of sulfonamides is 1. The van der Waals surface area contributed by atoms with E-state index in [0.29, 0.717) is 30.3 Å². The van der Waals surface area contributed by atoms with Crippen LogP contribution in [-0.4, -0.2) is 31.7 Å². The van der Waals surface area contributed by atoms with Crippen LogP contribution in [-0.2, 0) is 21.2 Å². The first kappa shape index (κ1) is 19.5. The largest absolute Gasteiger partial charge is 0.326 e. The van der Waals surface area contributed by atoms with E-state index >= 15 is 0 Å². The minimum Gasteiger partial charge on any atom is -0.326 e. The molecule has 0 aliphatic carbocycles. The van der Waals surface area contributed by atoms with Crippen LogP contribution < -0.4 is 5.32 Å². The Morgan fingerprint density at radius 1 is 1.15 bits per heavy atom. The Morgan fingerprint density at radius 2 is 1.81 bits per heavy atom. The molecule has 5 nitrogen and oxygen atoms in total. The molecule has 0 unspecified atom stereocenters. The van der Waals surface area contributed by atoms with Gasteiger partial charge in [-0.05, 0) is 60.7 Å². The average molecular weight is 390 g/mol. The van der Waals surface area contributed by atoms with E-state index in [9.17, 15) is 17.6 Å². The summed E-state index contributed by atoms with van der Waals surface area (Å²) in [5.74, 6) is -0.236. The zero-order valence-electron chi connectivity index (χ0n) is 15.2. The first-order valence-electron chi connectivity index (χ1n) is 8.99. The van der Waals surface area contributed by atoms with Gasteiger partial charge in [-0.1, -0.05) is 19.1 Å². The van der Waals surface area contributed by atoms with Crippen LogP contribution in [0.25, 0.3) is 0 Å². The standard InChI is InChI=1S/C20H23FN2O3S/c1-15-3-2-12-23(14-15)27(25,26)19-10-8-18(9-11-19)22-20(24)13-16-4-6-17(21)7-5-16/h4-11,15H,2-3,12-14H2,1H3,(H,22,24)/t15-/m0/s1. The van der Waals surface area contributed by atoms with Gasteiger partial charge in [0, 0.05) is 18.8 Å².